The van der Waals surface area contributed by atoms with E-state index in [1.807, 2.05) is 30.5 Å². The first-order chi connectivity index (χ1) is 7.67. The van der Waals surface area contributed by atoms with E-state index in [0.29, 0.717) is 12.8 Å². The van der Waals surface area contributed by atoms with Gasteiger partial charge in [-0.2, -0.15) is 0 Å². The Kier molecular flexibility index (Phi) is 2.04. The summed E-state index contributed by atoms with van der Waals surface area (Å²) in [4.78, 5) is 3.11. The quantitative estimate of drug-likeness (QED) is 0.759. The molecule has 3 heteroatoms. The zero-order valence-electron chi connectivity index (χ0n) is 9.04. The van der Waals surface area contributed by atoms with Gasteiger partial charge in [-0.15, -0.1) is 0 Å². The average molecular weight is 218 g/mol. The highest BCUT2D eigenvalue weighted by molar-refractivity contribution is 5.80. The fourth-order valence-corrected chi connectivity index (χ4v) is 2.63. The number of hydrogen-bond donors (Lipinski definition) is 2. The Hall–Kier alpha value is -1.35. The summed E-state index contributed by atoms with van der Waals surface area (Å²) in [5.74, 6) is 0. The van der Waals surface area contributed by atoms with Gasteiger partial charge in [-0.3, -0.25) is 0 Å². The van der Waals surface area contributed by atoms with Crippen LogP contribution in [0.1, 0.15) is 24.8 Å². The summed E-state index contributed by atoms with van der Waals surface area (Å²) in [5.41, 5.74) is 6.40. The third-order valence-corrected chi connectivity index (χ3v) is 3.57. The van der Waals surface area contributed by atoms with Crippen LogP contribution in [-0.2, 0) is 5.67 Å². The van der Waals surface area contributed by atoms with Crippen LogP contribution in [0.25, 0.3) is 10.9 Å². The molecule has 3 N–H and O–H groups in total. The van der Waals surface area contributed by atoms with Gasteiger partial charge in [0.05, 0.1) is 0 Å². The van der Waals surface area contributed by atoms with Crippen LogP contribution in [0.4, 0.5) is 4.39 Å². The van der Waals surface area contributed by atoms with Crippen molar-refractivity contribution in [3.63, 3.8) is 0 Å². The zero-order valence-corrected chi connectivity index (χ0v) is 9.04. The SMILES string of the molecule is NC1CCC(F)(c2ccc3[nH]ccc3c2)C1. The Balaban J connectivity index is 2.05. The van der Waals surface area contributed by atoms with Crippen molar-refractivity contribution in [1.29, 1.82) is 0 Å². The van der Waals surface area contributed by atoms with Crippen LogP contribution in [0.3, 0.4) is 0 Å². The van der Waals surface area contributed by atoms with Gasteiger partial charge in [0.15, 0.2) is 0 Å². The van der Waals surface area contributed by atoms with Crippen molar-refractivity contribution in [2.45, 2.75) is 31.0 Å². The number of nitrogens with two attached hydrogens (primary N) is 1. The number of benzene rings is 1. The molecular weight excluding hydrogens is 203 g/mol. The van der Waals surface area contributed by atoms with Gasteiger partial charge in [0.1, 0.15) is 5.67 Å². The topological polar surface area (TPSA) is 41.8 Å². The van der Waals surface area contributed by atoms with Crippen LogP contribution < -0.4 is 5.73 Å². The van der Waals surface area contributed by atoms with E-state index in [-0.39, 0.29) is 6.04 Å². The molecule has 1 heterocycles. The summed E-state index contributed by atoms with van der Waals surface area (Å²) in [5, 5.41) is 1.06. The van der Waals surface area contributed by atoms with Crippen molar-refractivity contribution in [1.82, 2.24) is 4.98 Å². The first-order valence-electron chi connectivity index (χ1n) is 5.69. The van der Waals surface area contributed by atoms with E-state index in [1.54, 1.807) is 0 Å². The van der Waals surface area contributed by atoms with Crippen molar-refractivity contribution in [3.8, 4) is 0 Å². The molecule has 0 aliphatic heterocycles. The minimum atomic E-state index is -1.22. The smallest absolute Gasteiger partial charge is 0.137 e. The van der Waals surface area contributed by atoms with Crippen molar-refractivity contribution < 1.29 is 4.39 Å². The Morgan fingerprint density at radius 1 is 1.38 bits per heavy atom. The van der Waals surface area contributed by atoms with Crippen LogP contribution in [0, 0.1) is 0 Å². The Morgan fingerprint density at radius 3 is 3.00 bits per heavy atom. The predicted molar refractivity (Wildman–Crippen MR) is 62.9 cm³/mol. The highest BCUT2D eigenvalue weighted by atomic mass is 19.1. The molecule has 1 aromatic heterocycles. The maximum absolute atomic E-state index is 14.6. The Labute approximate surface area is 93.6 Å². The number of aromatic amines is 1. The highest BCUT2D eigenvalue weighted by Gasteiger charge is 2.39. The molecule has 1 aromatic carbocycles. The van der Waals surface area contributed by atoms with E-state index >= 15 is 0 Å². The first kappa shape index (κ1) is 9.85. The standard InChI is InChI=1S/C13H15FN2/c14-13(5-3-11(15)8-13)10-1-2-12-9(7-10)4-6-16-12/h1-2,4,6-7,11,16H,3,5,8,15H2. The molecule has 0 bridgehead atoms. The number of H-pyrrole nitrogens is 1. The molecule has 2 aromatic rings. The highest BCUT2D eigenvalue weighted by Crippen LogP contribution is 2.42. The van der Waals surface area contributed by atoms with Crippen LogP contribution in [0.2, 0.25) is 0 Å². The number of hydrogen-bond acceptors (Lipinski definition) is 1. The van der Waals surface area contributed by atoms with Crippen LogP contribution in [0.5, 0.6) is 0 Å². The van der Waals surface area contributed by atoms with E-state index in [0.717, 1.165) is 22.9 Å². The molecule has 16 heavy (non-hydrogen) atoms. The van der Waals surface area contributed by atoms with Gasteiger partial charge in [0.2, 0.25) is 0 Å². The van der Waals surface area contributed by atoms with E-state index in [1.165, 1.54) is 0 Å². The van der Waals surface area contributed by atoms with Crippen molar-refractivity contribution in [2.75, 3.05) is 0 Å². The molecule has 0 radical (unpaired) electrons. The maximum atomic E-state index is 14.6. The maximum Gasteiger partial charge on any atom is 0.137 e. The van der Waals surface area contributed by atoms with Crippen LogP contribution in [-0.4, -0.2) is 11.0 Å². The Morgan fingerprint density at radius 2 is 2.25 bits per heavy atom. The first-order valence-corrected chi connectivity index (χ1v) is 5.69. The molecule has 1 fully saturated rings. The lowest BCUT2D eigenvalue weighted by Gasteiger charge is -2.19. The number of nitrogens with one attached hydrogen (secondary N) is 1. The van der Waals surface area contributed by atoms with Gasteiger partial charge < -0.3 is 10.7 Å². The normalized spacial score (nSPS) is 30.0. The lowest BCUT2D eigenvalue weighted by molar-refractivity contribution is 0.172. The molecule has 2 unspecified atom stereocenters. The van der Waals surface area contributed by atoms with E-state index < -0.39 is 5.67 Å². The minimum absolute atomic E-state index is 0.00641. The van der Waals surface area contributed by atoms with Crippen molar-refractivity contribution in [2.24, 2.45) is 5.73 Å². The molecule has 1 aliphatic carbocycles. The summed E-state index contributed by atoms with van der Waals surface area (Å²) in [6.07, 6.45) is 3.65. The third-order valence-electron chi connectivity index (χ3n) is 3.57. The van der Waals surface area contributed by atoms with Gasteiger partial charge in [0.25, 0.3) is 0 Å². The molecule has 2 nitrogen and oxygen atoms in total. The van der Waals surface area contributed by atoms with Crippen molar-refractivity contribution >= 4 is 10.9 Å². The second-order valence-electron chi connectivity index (χ2n) is 4.75. The number of aromatic nitrogens is 1. The lowest BCUT2D eigenvalue weighted by atomic mass is 9.93. The average Bonchev–Trinajstić information content (AvgIpc) is 2.84. The third kappa shape index (κ3) is 1.43. The molecule has 3 rings (SSSR count). The van der Waals surface area contributed by atoms with Gasteiger partial charge in [-0.25, -0.2) is 4.39 Å². The second kappa shape index (κ2) is 3.32. The molecule has 1 aliphatic rings. The summed E-state index contributed by atoms with van der Waals surface area (Å²) in [6, 6.07) is 7.72. The molecule has 0 saturated heterocycles. The summed E-state index contributed by atoms with van der Waals surface area (Å²) < 4.78 is 14.6. The molecule has 2 atom stereocenters. The fourth-order valence-electron chi connectivity index (χ4n) is 2.63. The fraction of sp³-hybridized carbons (Fsp3) is 0.385. The van der Waals surface area contributed by atoms with Gasteiger partial charge in [-0.05, 0) is 42.0 Å². The zero-order chi connectivity index (χ0) is 11.2. The molecule has 0 spiro atoms. The largest absolute Gasteiger partial charge is 0.361 e. The summed E-state index contributed by atoms with van der Waals surface area (Å²) >= 11 is 0. The van der Waals surface area contributed by atoms with Gasteiger partial charge in [-0.1, -0.05) is 6.07 Å². The van der Waals surface area contributed by atoms with E-state index in [9.17, 15) is 4.39 Å². The van der Waals surface area contributed by atoms with Gasteiger partial charge in [0, 0.05) is 24.2 Å². The van der Waals surface area contributed by atoms with Crippen molar-refractivity contribution in [3.05, 3.63) is 36.0 Å². The Bertz CT molecular complexity index is 519. The van der Waals surface area contributed by atoms with E-state index in [4.69, 9.17) is 5.73 Å². The minimum Gasteiger partial charge on any atom is -0.361 e. The van der Waals surface area contributed by atoms with Gasteiger partial charge >= 0.3 is 0 Å². The van der Waals surface area contributed by atoms with Crippen LogP contribution in [0.15, 0.2) is 30.5 Å². The van der Waals surface area contributed by atoms with E-state index in [2.05, 4.69) is 4.98 Å². The number of halogens is 1. The second-order valence-corrected chi connectivity index (χ2v) is 4.75. The molecular formula is C13H15FN2. The predicted octanol–water partition coefficient (Wildman–Crippen LogP) is 2.84. The molecule has 1 saturated carbocycles. The molecule has 84 valence electrons. The number of rotatable bonds is 1. The lowest BCUT2D eigenvalue weighted by Crippen LogP contribution is -2.21. The summed E-state index contributed by atoms with van der Waals surface area (Å²) in [6.45, 7) is 0. The summed E-state index contributed by atoms with van der Waals surface area (Å²) in [7, 11) is 0. The van der Waals surface area contributed by atoms with Crippen LogP contribution >= 0.6 is 0 Å². The number of fused-ring (bicyclic) bond motifs is 1. The monoisotopic (exact) mass is 218 g/mol. The molecule has 0 amide bonds. The number of alkyl halides is 1.